The van der Waals surface area contributed by atoms with Gasteiger partial charge in [-0.1, -0.05) is 6.42 Å². The third kappa shape index (κ3) is 3.76. The molecule has 2 aliphatic rings. The van der Waals surface area contributed by atoms with Crippen LogP contribution in [0.2, 0.25) is 0 Å². The quantitative estimate of drug-likeness (QED) is 0.748. The molecule has 2 saturated carbocycles. The highest BCUT2D eigenvalue weighted by molar-refractivity contribution is 5.75. The van der Waals surface area contributed by atoms with Gasteiger partial charge in [0.2, 0.25) is 6.41 Å². The molecule has 21 heavy (non-hydrogen) atoms. The van der Waals surface area contributed by atoms with Crippen molar-refractivity contribution in [2.24, 2.45) is 17.6 Å². The Balaban J connectivity index is 1.54. The summed E-state index contributed by atoms with van der Waals surface area (Å²) in [6.07, 6.45) is 7.17. The minimum Gasteiger partial charge on any atom is -0.493 e. The first-order valence-corrected chi connectivity index (χ1v) is 7.96. The lowest BCUT2D eigenvalue weighted by Gasteiger charge is -2.25. The molecule has 0 aromatic heterocycles. The lowest BCUT2D eigenvalue weighted by molar-refractivity contribution is -0.107. The molecule has 0 saturated heterocycles. The Hall–Kier alpha value is -1.55. The number of ether oxygens (including phenoxy) is 1. The van der Waals surface area contributed by atoms with E-state index in [-0.39, 0.29) is 6.04 Å². The normalized spacial score (nSPS) is 19.7. The molecule has 1 atom stereocenters. The molecule has 1 amide bonds. The minimum absolute atomic E-state index is 0.0877. The summed E-state index contributed by atoms with van der Waals surface area (Å²) in [5, 5.41) is 0. The number of nitrogens with two attached hydrogens (primary N) is 1. The van der Waals surface area contributed by atoms with Crippen LogP contribution in [0.15, 0.2) is 24.3 Å². The predicted molar refractivity (Wildman–Crippen MR) is 83.4 cm³/mol. The molecule has 3 rings (SSSR count). The van der Waals surface area contributed by atoms with Crippen LogP contribution < -0.4 is 15.4 Å². The number of carbonyl (C=O) groups is 1. The molecule has 1 aromatic carbocycles. The molecular weight excluding hydrogens is 264 g/mol. The van der Waals surface area contributed by atoms with E-state index in [9.17, 15) is 4.79 Å². The minimum atomic E-state index is 0.0877. The van der Waals surface area contributed by atoms with Gasteiger partial charge in [-0.15, -0.1) is 0 Å². The number of anilines is 1. The summed E-state index contributed by atoms with van der Waals surface area (Å²) in [4.78, 5) is 13.0. The van der Waals surface area contributed by atoms with E-state index in [4.69, 9.17) is 10.5 Å². The average Bonchev–Trinajstić information content (AvgIpc) is 3.28. The van der Waals surface area contributed by atoms with Crippen molar-refractivity contribution in [3.63, 3.8) is 0 Å². The van der Waals surface area contributed by atoms with Crippen molar-refractivity contribution in [1.29, 1.82) is 0 Å². The van der Waals surface area contributed by atoms with Crippen LogP contribution in [-0.4, -0.2) is 25.6 Å². The summed E-state index contributed by atoms with van der Waals surface area (Å²) in [5.41, 5.74) is 6.99. The average molecular weight is 288 g/mol. The van der Waals surface area contributed by atoms with Gasteiger partial charge in [0.1, 0.15) is 5.75 Å². The molecule has 1 unspecified atom stereocenters. The van der Waals surface area contributed by atoms with E-state index in [0.717, 1.165) is 30.4 Å². The Kier molecular flexibility index (Phi) is 4.44. The highest BCUT2D eigenvalue weighted by atomic mass is 16.5. The maximum Gasteiger partial charge on any atom is 0.214 e. The number of hydrogen-bond donors (Lipinski definition) is 1. The van der Waals surface area contributed by atoms with Gasteiger partial charge in [0, 0.05) is 18.3 Å². The Labute approximate surface area is 126 Å². The third-order valence-electron chi connectivity index (χ3n) is 4.64. The zero-order valence-electron chi connectivity index (χ0n) is 12.4. The molecule has 2 aliphatic carbocycles. The molecule has 2 N–H and O–H groups in total. The maximum atomic E-state index is 11.3. The van der Waals surface area contributed by atoms with Crippen molar-refractivity contribution >= 4 is 12.1 Å². The van der Waals surface area contributed by atoms with Gasteiger partial charge < -0.3 is 15.4 Å². The van der Waals surface area contributed by atoms with Crippen molar-refractivity contribution in [1.82, 2.24) is 0 Å². The van der Waals surface area contributed by atoms with E-state index < -0.39 is 0 Å². The molecule has 0 spiro atoms. The molecule has 4 heteroatoms. The van der Waals surface area contributed by atoms with Gasteiger partial charge >= 0.3 is 0 Å². The largest absolute Gasteiger partial charge is 0.493 e. The fourth-order valence-electron chi connectivity index (χ4n) is 2.72. The van der Waals surface area contributed by atoms with Crippen LogP contribution in [0.1, 0.15) is 32.1 Å². The van der Waals surface area contributed by atoms with Crippen LogP contribution in [0.3, 0.4) is 0 Å². The second kappa shape index (κ2) is 6.48. The van der Waals surface area contributed by atoms with E-state index in [1.54, 1.807) is 4.90 Å². The van der Waals surface area contributed by atoms with E-state index in [1.165, 1.54) is 32.1 Å². The first-order chi connectivity index (χ1) is 10.3. The molecule has 114 valence electrons. The predicted octanol–water partition coefficient (Wildman–Crippen LogP) is 2.57. The lowest BCUT2D eigenvalue weighted by Crippen LogP contribution is -2.38. The summed E-state index contributed by atoms with van der Waals surface area (Å²) in [6, 6.07) is 7.83. The summed E-state index contributed by atoms with van der Waals surface area (Å²) in [5.74, 6) is 2.20. The van der Waals surface area contributed by atoms with Crippen LogP contribution in [0.5, 0.6) is 5.75 Å². The molecule has 0 bridgehead atoms. The monoisotopic (exact) mass is 288 g/mol. The zero-order chi connectivity index (χ0) is 14.7. The molecule has 1 aromatic rings. The number of rotatable bonds is 8. The molecular formula is C17H24N2O2. The van der Waals surface area contributed by atoms with Gasteiger partial charge in [0.15, 0.2) is 0 Å². The second-order valence-electron chi connectivity index (χ2n) is 6.36. The number of benzene rings is 1. The van der Waals surface area contributed by atoms with Crippen molar-refractivity contribution in [3.8, 4) is 5.75 Å². The summed E-state index contributed by atoms with van der Waals surface area (Å²) < 4.78 is 5.78. The first kappa shape index (κ1) is 14.4. The Morgan fingerprint density at radius 2 is 1.95 bits per heavy atom. The van der Waals surface area contributed by atoms with Crippen molar-refractivity contribution in [2.45, 2.75) is 38.1 Å². The maximum absolute atomic E-state index is 11.3. The van der Waals surface area contributed by atoms with Gasteiger partial charge in [-0.05, 0) is 61.8 Å². The fraction of sp³-hybridized carbons (Fsp3) is 0.588. The van der Waals surface area contributed by atoms with E-state index in [0.29, 0.717) is 12.5 Å². The molecule has 4 nitrogen and oxygen atoms in total. The fourth-order valence-corrected chi connectivity index (χ4v) is 2.72. The van der Waals surface area contributed by atoms with Gasteiger partial charge in [-0.25, -0.2) is 0 Å². The number of amides is 1. The zero-order valence-corrected chi connectivity index (χ0v) is 12.4. The van der Waals surface area contributed by atoms with Crippen LogP contribution >= 0.6 is 0 Å². The smallest absolute Gasteiger partial charge is 0.214 e. The third-order valence-corrected chi connectivity index (χ3v) is 4.64. The molecule has 0 aliphatic heterocycles. The van der Waals surface area contributed by atoms with E-state index >= 15 is 0 Å². The van der Waals surface area contributed by atoms with Crippen molar-refractivity contribution < 1.29 is 9.53 Å². The standard InChI is InChI=1S/C17H24N2O2/c18-17(14-4-5-14)10-19(12-20)15-6-8-16(9-7-15)21-11-13-2-1-3-13/h6-9,12-14,17H,1-5,10-11,18H2. The summed E-state index contributed by atoms with van der Waals surface area (Å²) in [7, 11) is 0. The lowest BCUT2D eigenvalue weighted by atomic mass is 9.86. The second-order valence-corrected chi connectivity index (χ2v) is 6.36. The molecule has 0 heterocycles. The van der Waals surface area contributed by atoms with Crippen LogP contribution in [-0.2, 0) is 4.79 Å². The highest BCUT2D eigenvalue weighted by Gasteiger charge is 2.29. The Bertz CT molecular complexity index is 466. The Morgan fingerprint density at radius 3 is 2.48 bits per heavy atom. The summed E-state index contributed by atoms with van der Waals surface area (Å²) in [6.45, 7) is 1.40. The summed E-state index contributed by atoms with van der Waals surface area (Å²) >= 11 is 0. The van der Waals surface area contributed by atoms with Gasteiger partial charge in [0.05, 0.1) is 6.61 Å². The number of nitrogens with zero attached hydrogens (tertiary/aromatic N) is 1. The van der Waals surface area contributed by atoms with Gasteiger partial charge in [-0.3, -0.25) is 4.79 Å². The van der Waals surface area contributed by atoms with E-state index in [1.807, 2.05) is 24.3 Å². The van der Waals surface area contributed by atoms with Crippen LogP contribution in [0.4, 0.5) is 5.69 Å². The van der Waals surface area contributed by atoms with Crippen molar-refractivity contribution in [2.75, 3.05) is 18.1 Å². The Morgan fingerprint density at radius 1 is 1.24 bits per heavy atom. The number of hydrogen-bond acceptors (Lipinski definition) is 3. The topological polar surface area (TPSA) is 55.6 Å². The first-order valence-electron chi connectivity index (χ1n) is 7.96. The van der Waals surface area contributed by atoms with Gasteiger partial charge in [0.25, 0.3) is 0 Å². The number of carbonyl (C=O) groups excluding carboxylic acids is 1. The van der Waals surface area contributed by atoms with Gasteiger partial charge in [-0.2, -0.15) is 0 Å². The SMILES string of the molecule is NC(CN(C=O)c1ccc(OCC2CCC2)cc1)C1CC1. The van der Waals surface area contributed by atoms with Crippen molar-refractivity contribution in [3.05, 3.63) is 24.3 Å². The molecule has 2 fully saturated rings. The van der Waals surface area contributed by atoms with Crippen LogP contribution in [0.25, 0.3) is 0 Å². The van der Waals surface area contributed by atoms with Crippen LogP contribution in [0, 0.1) is 11.8 Å². The molecule has 0 radical (unpaired) electrons. The highest BCUT2D eigenvalue weighted by Crippen LogP contribution is 2.32. The van der Waals surface area contributed by atoms with E-state index in [2.05, 4.69) is 0 Å².